The van der Waals surface area contributed by atoms with Gasteiger partial charge >= 0.3 is 0 Å². The molecule has 2 fully saturated rings. The lowest BCUT2D eigenvalue weighted by atomic mass is 9.79. The van der Waals surface area contributed by atoms with Crippen LogP contribution in [0.1, 0.15) is 24.8 Å². The van der Waals surface area contributed by atoms with Crippen molar-refractivity contribution >= 4 is 34.1 Å². The Morgan fingerprint density at radius 1 is 1.42 bits per heavy atom. The molecule has 122 valence electrons. The molecule has 5 nitrogen and oxygen atoms in total. The molecular weight excluding hydrogens is 324 g/mol. The molecule has 2 aromatic rings. The van der Waals surface area contributed by atoms with E-state index in [-0.39, 0.29) is 11.3 Å². The van der Waals surface area contributed by atoms with Crippen molar-refractivity contribution in [3.8, 4) is 6.07 Å². The predicted octanol–water partition coefficient (Wildman–Crippen LogP) is 2.87. The summed E-state index contributed by atoms with van der Waals surface area (Å²) < 4.78 is 0. The molecule has 0 radical (unpaired) electrons. The van der Waals surface area contributed by atoms with Gasteiger partial charge in [0.2, 0.25) is 5.91 Å². The van der Waals surface area contributed by atoms with Gasteiger partial charge in [0.25, 0.3) is 0 Å². The largest absolute Gasteiger partial charge is 0.369 e. The van der Waals surface area contributed by atoms with Gasteiger partial charge in [-0.2, -0.15) is 5.26 Å². The highest BCUT2D eigenvalue weighted by Gasteiger charge is 2.42. The van der Waals surface area contributed by atoms with Gasteiger partial charge in [0.15, 0.2) is 0 Å². The third-order valence-electron chi connectivity index (χ3n) is 5.11. The van der Waals surface area contributed by atoms with E-state index in [0.29, 0.717) is 29.1 Å². The normalized spacial score (nSPS) is 23.5. The summed E-state index contributed by atoms with van der Waals surface area (Å²) in [6.45, 7) is 2.36. The van der Waals surface area contributed by atoms with Crippen LogP contribution in [0.5, 0.6) is 0 Å². The second-order valence-corrected chi connectivity index (χ2v) is 7.15. The van der Waals surface area contributed by atoms with Crippen LogP contribution in [-0.4, -0.2) is 30.5 Å². The molecule has 2 saturated heterocycles. The number of amides is 1. The van der Waals surface area contributed by atoms with Gasteiger partial charge < -0.3 is 10.2 Å². The van der Waals surface area contributed by atoms with Crippen LogP contribution < -0.4 is 10.2 Å². The number of anilines is 1. The third kappa shape index (κ3) is 2.38. The Morgan fingerprint density at radius 3 is 3.04 bits per heavy atom. The van der Waals surface area contributed by atoms with Crippen LogP contribution >= 0.6 is 11.6 Å². The number of piperidine rings is 1. The molecule has 1 aromatic carbocycles. The SMILES string of the molecule is N#Cc1cnc2c(Cl)cccc2c1N1CCCC2(CNC(=O)C2)C1. The standard InChI is InChI=1S/C18H17ClN4O/c19-14-4-1-3-13-16(14)21-9-12(8-20)17(13)23-6-2-5-18(11-23)7-15(24)22-10-18/h1,3-4,9H,2,5-7,10-11H2,(H,22,24). The second-order valence-electron chi connectivity index (χ2n) is 6.75. The van der Waals surface area contributed by atoms with Crippen molar-refractivity contribution < 1.29 is 4.79 Å². The summed E-state index contributed by atoms with van der Waals surface area (Å²) in [6.07, 6.45) is 4.20. The lowest BCUT2D eigenvalue weighted by molar-refractivity contribution is -0.119. The summed E-state index contributed by atoms with van der Waals surface area (Å²) in [5.41, 5.74) is 2.13. The van der Waals surface area contributed by atoms with Crippen molar-refractivity contribution in [3.63, 3.8) is 0 Å². The van der Waals surface area contributed by atoms with Crippen LogP contribution in [0.4, 0.5) is 5.69 Å². The Kier molecular flexibility index (Phi) is 3.58. The van der Waals surface area contributed by atoms with Crippen molar-refractivity contribution in [3.05, 3.63) is 35.0 Å². The number of aromatic nitrogens is 1. The van der Waals surface area contributed by atoms with Crippen LogP contribution in [0.25, 0.3) is 10.9 Å². The van der Waals surface area contributed by atoms with Gasteiger partial charge in [0.05, 0.1) is 21.8 Å². The summed E-state index contributed by atoms with van der Waals surface area (Å²) in [5.74, 6) is 0.125. The number of carbonyl (C=O) groups is 1. The molecule has 2 aliphatic heterocycles. The highest BCUT2D eigenvalue weighted by Crippen LogP contribution is 2.41. The van der Waals surface area contributed by atoms with Gasteiger partial charge in [-0.1, -0.05) is 23.7 Å². The Hall–Kier alpha value is -2.32. The minimum atomic E-state index is -0.0315. The molecule has 24 heavy (non-hydrogen) atoms. The average molecular weight is 341 g/mol. The minimum absolute atomic E-state index is 0.0315. The molecule has 1 aromatic heterocycles. The van der Waals surface area contributed by atoms with E-state index in [2.05, 4.69) is 21.3 Å². The summed E-state index contributed by atoms with van der Waals surface area (Å²) in [4.78, 5) is 18.3. The number of carbonyl (C=O) groups excluding carboxylic acids is 1. The van der Waals surface area contributed by atoms with Gasteiger partial charge in [-0.05, 0) is 18.9 Å². The minimum Gasteiger partial charge on any atom is -0.369 e. The molecule has 1 atom stereocenters. The highest BCUT2D eigenvalue weighted by molar-refractivity contribution is 6.35. The van der Waals surface area contributed by atoms with E-state index in [4.69, 9.17) is 11.6 Å². The molecule has 0 bridgehead atoms. The quantitative estimate of drug-likeness (QED) is 0.866. The van der Waals surface area contributed by atoms with Gasteiger partial charge in [-0.15, -0.1) is 0 Å². The Bertz CT molecular complexity index is 875. The van der Waals surface area contributed by atoms with Crippen molar-refractivity contribution in [2.75, 3.05) is 24.5 Å². The zero-order valence-corrected chi connectivity index (χ0v) is 13.9. The van der Waals surface area contributed by atoms with Crippen LogP contribution in [0.3, 0.4) is 0 Å². The van der Waals surface area contributed by atoms with Gasteiger partial charge in [-0.3, -0.25) is 9.78 Å². The number of fused-ring (bicyclic) bond motifs is 1. The second kappa shape index (κ2) is 5.64. The highest BCUT2D eigenvalue weighted by atomic mass is 35.5. The third-order valence-corrected chi connectivity index (χ3v) is 5.42. The summed E-state index contributed by atoms with van der Waals surface area (Å²) in [7, 11) is 0. The fraction of sp³-hybridized carbons (Fsp3) is 0.389. The van der Waals surface area contributed by atoms with Crippen LogP contribution in [0.15, 0.2) is 24.4 Å². The maximum atomic E-state index is 11.7. The molecule has 1 unspecified atom stereocenters. The first kappa shape index (κ1) is 15.2. The van der Waals surface area contributed by atoms with Crippen molar-refractivity contribution in [2.24, 2.45) is 5.41 Å². The average Bonchev–Trinajstić information content (AvgIpc) is 2.94. The van der Waals surface area contributed by atoms with E-state index >= 15 is 0 Å². The monoisotopic (exact) mass is 340 g/mol. The Balaban J connectivity index is 1.82. The molecule has 2 aliphatic rings. The van der Waals surface area contributed by atoms with Crippen molar-refractivity contribution in [1.29, 1.82) is 5.26 Å². The number of hydrogen-bond acceptors (Lipinski definition) is 4. The first-order valence-electron chi connectivity index (χ1n) is 8.11. The summed E-state index contributed by atoms with van der Waals surface area (Å²) >= 11 is 6.28. The molecular formula is C18H17ClN4O. The molecule has 0 aliphatic carbocycles. The van der Waals surface area contributed by atoms with E-state index in [1.165, 1.54) is 0 Å². The van der Waals surface area contributed by atoms with Crippen molar-refractivity contribution in [1.82, 2.24) is 10.3 Å². The Morgan fingerprint density at radius 2 is 2.29 bits per heavy atom. The number of nitriles is 1. The van der Waals surface area contributed by atoms with Crippen LogP contribution in [0.2, 0.25) is 5.02 Å². The van der Waals surface area contributed by atoms with Crippen LogP contribution in [0, 0.1) is 16.7 Å². The zero-order valence-electron chi connectivity index (χ0n) is 13.2. The molecule has 3 heterocycles. The molecule has 0 saturated carbocycles. The van der Waals surface area contributed by atoms with Gasteiger partial charge in [0.1, 0.15) is 6.07 Å². The lowest BCUT2D eigenvalue weighted by Gasteiger charge is -2.41. The Labute approximate surface area is 145 Å². The maximum Gasteiger partial charge on any atom is 0.220 e. The number of hydrogen-bond donors (Lipinski definition) is 1. The predicted molar refractivity (Wildman–Crippen MR) is 93.0 cm³/mol. The maximum absolute atomic E-state index is 11.7. The first-order chi connectivity index (χ1) is 11.6. The zero-order chi connectivity index (χ0) is 16.7. The molecule has 6 heteroatoms. The first-order valence-corrected chi connectivity index (χ1v) is 8.49. The molecule has 1 spiro atoms. The van der Waals surface area contributed by atoms with E-state index < -0.39 is 0 Å². The number of rotatable bonds is 1. The van der Waals surface area contributed by atoms with Gasteiger partial charge in [-0.25, -0.2) is 0 Å². The van der Waals surface area contributed by atoms with E-state index in [9.17, 15) is 10.1 Å². The number of nitrogens with zero attached hydrogens (tertiary/aromatic N) is 3. The number of nitrogens with one attached hydrogen (secondary N) is 1. The number of para-hydroxylation sites is 1. The van der Waals surface area contributed by atoms with Crippen LogP contribution in [-0.2, 0) is 4.79 Å². The number of halogens is 1. The van der Waals surface area contributed by atoms with E-state index in [1.807, 2.05) is 18.2 Å². The smallest absolute Gasteiger partial charge is 0.220 e. The van der Waals surface area contributed by atoms with Gasteiger partial charge in [0, 0.05) is 43.1 Å². The lowest BCUT2D eigenvalue weighted by Crippen LogP contribution is -2.45. The molecule has 4 rings (SSSR count). The van der Waals surface area contributed by atoms with E-state index in [1.54, 1.807) is 6.20 Å². The number of benzene rings is 1. The van der Waals surface area contributed by atoms with Crippen molar-refractivity contribution in [2.45, 2.75) is 19.3 Å². The number of pyridine rings is 1. The summed E-state index contributed by atoms with van der Waals surface area (Å²) in [6, 6.07) is 7.92. The molecule has 1 N–H and O–H groups in total. The topological polar surface area (TPSA) is 69.0 Å². The fourth-order valence-corrected chi connectivity index (χ4v) is 4.26. The fourth-order valence-electron chi connectivity index (χ4n) is 4.03. The van der Waals surface area contributed by atoms with E-state index in [0.717, 1.165) is 37.0 Å². The molecule has 1 amide bonds. The summed E-state index contributed by atoms with van der Waals surface area (Å²) in [5, 5.41) is 14.0.